The summed E-state index contributed by atoms with van der Waals surface area (Å²) in [6.45, 7) is 62.5. The highest BCUT2D eigenvalue weighted by Gasteiger charge is 2.34. The summed E-state index contributed by atoms with van der Waals surface area (Å²) in [5.41, 5.74) is 6.54. The summed E-state index contributed by atoms with van der Waals surface area (Å²) in [7, 11) is 0. The van der Waals surface area contributed by atoms with Crippen LogP contribution in [0.3, 0.4) is 0 Å². The first-order valence-electron chi connectivity index (χ1n) is 28.5. The predicted octanol–water partition coefficient (Wildman–Crippen LogP) is 18.0. The van der Waals surface area contributed by atoms with Crippen molar-refractivity contribution in [3.63, 3.8) is 0 Å². The molecule has 4 unspecified atom stereocenters. The van der Waals surface area contributed by atoms with Crippen molar-refractivity contribution < 1.29 is 60.0 Å². The molecule has 0 fully saturated rings. The average Bonchev–Trinajstić information content (AvgIpc) is 3.28. The second-order valence-corrected chi connectivity index (χ2v) is 30.1. The third-order valence-electron chi connectivity index (χ3n) is 14.4. The number of rotatable bonds is 12. The monoisotopic (exact) mass is 1180 g/mol. The summed E-state index contributed by atoms with van der Waals surface area (Å²) in [4.78, 5) is 45.6. The molecule has 0 saturated carbocycles. The van der Waals surface area contributed by atoms with Crippen molar-refractivity contribution >= 4 is 23.9 Å². The van der Waals surface area contributed by atoms with Gasteiger partial charge in [-0.25, -0.2) is 0 Å². The third-order valence-corrected chi connectivity index (χ3v) is 14.4. The van der Waals surface area contributed by atoms with Gasteiger partial charge in [-0.1, -0.05) is 246 Å². The van der Waals surface area contributed by atoms with Gasteiger partial charge in [-0.15, -0.1) is 26.3 Å². The molecule has 4 aromatic carbocycles. The van der Waals surface area contributed by atoms with Crippen LogP contribution in [0.25, 0.3) is 0 Å². The van der Waals surface area contributed by atoms with E-state index >= 15 is 0 Å². The van der Waals surface area contributed by atoms with Crippen LogP contribution in [0, 0.1) is 0 Å². The first-order valence-corrected chi connectivity index (χ1v) is 28.5. The minimum Gasteiger partial charge on any atom is -0.507 e. The molecule has 0 radical (unpaired) electrons. The van der Waals surface area contributed by atoms with E-state index in [1.54, 1.807) is 48.5 Å². The van der Waals surface area contributed by atoms with E-state index in [2.05, 4.69) is 26.3 Å². The summed E-state index contributed by atoms with van der Waals surface area (Å²) >= 11 is 0. The highest BCUT2D eigenvalue weighted by Crippen LogP contribution is 2.46. The lowest BCUT2D eigenvalue weighted by Gasteiger charge is -2.29. The predicted molar refractivity (Wildman–Crippen MR) is 351 cm³/mol. The fraction of sp³-hybridized carbons (Fsp3) is 0.507. The Labute approximate surface area is 511 Å². The molecule has 0 saturated heterocycles. The first-order chi connectivity index (χ1) is 37.6. The number of aromatic hydroxyl groups is 4. The van der Waals surface area contributed by atoms with E-state index in [9.17, 15) is 60.0 Å². The molecule has 12 nitrogen and oxygen atoms in total. The Morgan fingerprint density at radius 3 is 0.435 bits per heavy atom. The van der Waals surface area contributed by atoms with E-state index in [0.29, 0.717) is 22.3 Å². The molecule has 85 heavy (non-hydrogen) atoms. The van der Waals surface area contributed by atoms with Crippen LogP contribution in [0.15, 0.2) is 99.2 Å². The number of aliphatic carboxylic acids is 4. The molecular formula is C73H108O12. The zero-order valence-corrected chi connectivity index (χ0v) is 55.3. The van der Waals surface area contributed by atoms with Gasteiger partial charge in [-0.3, -0.25) is 19.2 Å². The molecular weight excluding hydrogens is 1070 g/mol. The number of phenols is 4. The Bertz CT molecular complexity index is 2500. The van der Waals surface area contributed by atoms with Crippen molar-refractivity contribution in [1.82, 2.24) is 0 Å². The number of carbonyl (C=O) groups is 4. The normalized spacial score (nSPS) is 13.6. The van der Waals surface area contributed by atoms with Crippen molar-refractivity contribution in [2.75, 3.05) is 0 Å². The standard InChI is InChI=1S/4C18H26O3.CH4/c4*1-8-12(16(20)21)11-9-13(17(2,3)4)15(19)14(10-11)18(5,6)7;/h4*8-10,12,19H,1H2,2-7H3,(H,20,21);1H4. The minimum atomic E-state index is -0.935. The lowest BCUT2D eigenvalue weighted by Crippen LogP contribution is -2.19. The summed E-state index contributed by atoms with van der Waals surface area (Å²) in [6, 6.07) is 14.3. The summed E-state index contributed by atoms with van der Waals surface area (Å²) in [5.74, 6) is -5.80. The highest BCUT2D eigenvalue weighted by molar-refractivity contribution is 5.81. The number of carboxylic acid groups (broad SMARTS) is 4. The van der Waals surface area contributed by atoms with Crippen molar-refractivity contribution in [1.29, 1.82) is 0 Å². The first kappa shape index (κ1) is 77.9. The molecule has 0 bridgehead atoms. The maximum Gasteiger partial charge on any atom is 0.314 e. The fourth-order valence-electron chi connectivity index (χ4n) is 9.44. The van der Waals surface area contributed by atoms with Gasteiger partial charge in [0.05, 0.1) is 23.7 Å². The Morgan fingerprint density at radius 2 is 0.376 bits per heavy atom. The second kappa shape index (κ2) is 28.4. The van der Waals surface area contributed by atoms with Gasteiger partial charge in [-0.2, -0.15) is 0 Å². The number of benzene rings is 4. The van der Waals surface area contributed by atoms with E-state index < -0.39 is 47.5 Å². The van der Waals surface area contributed by atoms with Gasteiger partial charge in [-0.05, 0) is 110 Å². The Kier molecular flexibility index (Phi) is 26.0. The molecule has 0 aromatic heterocycles. The Balaban J connectivity index is 0.00000110. The van der Waals surface area contributed by atoms with Crippen LogP contribution in [0.2, 0.25) is 0 Å². The lowest BCUT2D eigenvalue weighted by atomic mass is 9.77. The van der Waals surface area contributed by atoms with Crippen molar-refractivity contribution in [2.24, 2.45) is 0 Å². The SMILES string of the molecule is C.C=CC(C(=O)O)c1cc(C(C)(C)C)c(O)c(C(C)(C)C)c1.C=CC(C(=O)O)c1cc(C(C)(C)C)c(O)c(C(C)(C)C)c1.C=CC(C(=O)O)c1cc(C(C)(C)C)c(O)c(C(C)(C)C)c1.C=CC(C(=O)O)c1cc(C(C)(C)C)c(O)c(C(C)(C)C)c1. The van der Waals surface area contributed by atoms with Crippen LogP contribution in [0.1, 0.15) is 264 Å². The number of hydrogen-bond donors (Lipinski definition) is 8. The van der Waals surface area contributed by atoms with Crippen LogP contribution in [0.5, 0.6) is 23.0 Å². The van der Waals surface area contributed by atoms with E-state index in [1.807, 2.05) is 166 Å². The van der Waals surface area contributed by atoms with E-state index in [0.717, 1.165) is 44.5 Å². The van der Waals surface area contributed by atoms with Gasteiger partial charge < -0.3 is 40.9 Å². The fourth-order valence-corrected chi connectivity index (χ4v) is 9.44. The Hall–Kier alpha value is -7.08. The van der Waals surface area contributed by atoms with Crippen LogP contribution >= 0.6 is 0 Å². The minimum absolute atomic E-state index is 0. The molecule has 4 rings (SSSR count). The lowest BCUT2D eigenvalue weighted by molar-refractivity contribution is -0.138. The summed E-state index contributed by atoms with van der Waals surface area (Å²) in [6.07, 6.45) is 5.70. The van der Waals surface area contributed by atoms with Crippen LogP contribution in [-0.2, 0) is 62.5 Å². The van der Waals surface area contributed by atoms with E-state index in [-0.39, 0.29) is 73.7 Å². The molecule has 4 aromatic rings. The molecule has 0 aliphatic carbocycles. The zero-order valence-electron chi connectivity index (χ0n) is 55.3. The molecule has 0 aliphatic rings. The Morgan fingerprint density at radius 1 is 0.282 bits per heavy atom. The molecule has 472 valence electrons. The van der Waals surface area contributed by atoms with E-state index in [1.165, 1.54) is 24.3 Å². The number of carboxylic acids is 4. The van der Waals surface area contributed by atoms with Gasteiger partial charge in [0, 0.05) is 0 Å². The van der Waals surface area contributed by atoms with Gasteiger partial charge in [0.2, 0.25) is 0 Å². The molecule has 0 aliphatic heterocycles. The average molecular weight is 1180 g/mol. The quantitative estimate of drug-likeness (QED) is 0.0620. The van der Waals surface area contributed by atoms with Crippen molar-refractivity contribution in [3.05, 3.63) is 166 Å². The molecule has 12 heteroatoms. The smallest absolute Gasteiger partial charge is 0.314 e. The maximum atomic E-state index is 11.4. The van der Waals surface area contributed by atoms with E-state index in [4.69, 9.17) is 0 Å². The van der Waals surface area contributed by atoms with Gasteiger partial charge >= 0.3 is 23.9 Å². The topological polar surface area (TPSA) is 230 Å². The van der Waals surface area contributed by atoms with Crippen LogP contribution in [0.4, 0.5) is 0 Å². The number of hydrogen-bond acceptors (Lipinski definition) is 8. The second-order valence-electron chi connectivity index (χ2n) is 30.1. The van der Waals surface area contributed by atoms with Crippen molar-refractivity contribution in [3.8, 4) is 23.0 Å². The van der Waals surface area contributed by atoms with Gasteiger partial charge in [0.25, 0.3) is 0 Å². The molecule has 0 amide bonds. The van der Waals surface area contributed by atoms with Crippen molar-refractivity contribution in [2.45, 2.75) is 241 Å². The molecule has 0 heterocycles. The van der Waals surface area contributed by atoms with Crippen LogP contribution in [-0.4, -0.2) is 64.7 Å². The van der Waals surface area contributed by atoms with Gasteiger partial charge in [0.1, 0.15) is 23.0 Å². The highest BCUT2D eigenvalue weighted by atomic mass is 16.4. The van der Waals surface area contributed by atoms with Gasteiger partial charge in [0.15, 0.2) is 0 Å². The largest absolute Gasteiger partial charge is 0.507 e. The molecule has 8 N–H and O–H groups in total. The third kappa shape index (κ3) is 20.6. The van der Waals surface area contributed by atoms with Crippen LogP contribution < -0.4 is 0 Å². The number of phenolic OH excluding ortho intramolecular Hbond substituents is 4. The molecule has 4 atom stereocenters. The maximum absolute atomic E-state index is 11.4. The zero-order chi connectivity index (χ0) is 66.3. The summed E-state index contributed by atoms with van der Waals surface area (Å²) in [5, 5.41) is 79.8. The summed E-state index contributed by atoms with van der Waals surface area (Å²) < 4.78 is 0. The molecule has 0 spiro atoms.